The Hall–Kier alpha value is -1.13. The van der Waals surface area contributed by atoms with Gasteiger partial charge in [0.25, 0.3) is 0 Å². The summed E-state index contributed by atoms with van der Waals surface area (Å²) in [5.74, 6) is 0.000351. The molecule has 0 unspecified atom stereocenters. The quantitative estimate of drug-likeness (QED) is 0.847. The number of methoxy groups -OCH3 is 1. The van der Waals surface area contributed by atoms with Crippen LogP contribution in [0.25, 0.3) is 0 Å². The summed E-state index contributed by atoms with van der Waals surface area (Å²) in [4.78, 5) is 2.16. The summed E-state index contributed by atoms with van der Waals surface area (Å²) in [5.41, 5.74) is 6.26. The average molecular weight is 254 g/mol. The highest BCUT2D eigenvalue weighted by Gasteiger charge is 2.25. The molecule has 0 spiro atoms. The van der Waals surface area contributed by atoms with Gasteiger partial charge in [-0.2, -0.15) is 0 Å². The Kier molecular flexibility index (Phi) is 5.11. The highest BCUT2D eigenvalue weighted by molar-refractivity contribution is 5.31. The van der Waals surface area contributed by atoms with Gasteiger partial charge in [0, 0.05) is 24.2 Å². The summed E-state index contributed by atoms with van der Waals surface area (Å²) in [7, 11) is 1.48. The number of hydrogen-bond donors (Lipinski definition) is 1. The van der Waals surface area contributed by atoms with E-state index >= 15 is 0 Å². The van der Waals surface area contributed by atoms with Crippen LogP contribution in [-0.4, -0.2) is 30.6 Å². The molecule has 0 aliphatic carbocycles. The van der Waals surface area contributed by atoms with Crippen molar-refractivity contribution in [2.45, 2.75) is 32.9 Å². The van der Waals surface area contributed by atoms with E-state index in [2.05, 4.69) is 25.7 Å². The Labute approximate surface area is 109 Å². The molecule has 1 aromatic carbocycles. The van der Waals surface area contributed by atoms with E-state index in [1.54, 1.807) is 18.2 Å². The third-order valence-corrected chi connectivity index (χ3v) is 3.36. The maximum atomic E-state index is 14.1. The van der Waals surface area contributed by atoms with Gasteiger partial charge in [-0.25, -0.2) is 4.39 Å². The first-order valence-corrected chi connectivity index (χ1v) is 6.22. The predicted molar refractivity (Wildman–Crippen MR) is 72.2 cm³/mol. The van der Waals surface area contributed by atoms with Crippen LogP contribution in [0.15, 0.2) is 18.2 Å². The van der Waals surface area contributed by atoms with E-state index < -0.39 is 0 Å². The molecule has 0 aliphatic heterocycles. The van der Waals surface area contributed by atoms with Crippen LogP contribution in [0.5, 0.6) is 5.75 Å². The first-order valence-electron chi connectivity index (χ1n) is 6.22. The topological polar surface area (TPSA) is 38.5 Å². The second kappa shape index (κ2) is 6.16. The van der Waals surface area contributed by atoms with Crippen LogP contribution in [0.3, 0.4) is 0 Å². The molecule has 4 heteroatoms. The van der Waals surface area contributed by atoms with Gasteiger partial charge < -0.3 is 10.5 Å². The van der Waals surface area contributed by atoms with Gasteiger partial charge in [-0.1, -0.05) is 19.1 Å². The van der Waals surface area contributed by atoms with Gasteiger partial charge in [-0.15, -0.1) is 0 Å². The Morgan fingerprint density at radius 1 is 1.39 bits per heavy atom. The van der Waals surface area contributed by atoms with Crippen molar-refractivity contribution in [2.24, 2.45) is 5.73 Å². The molecular formula is C14H23FN2O. The number of likely N-dealkylation sites (N-methyl/N-ethyl adjacent to an activating group) is 1. The first-order chi connectivity index (χ1) is 8.46. The van der Waals surface area contributed by atoms with E-state index in [9.17, 15) is 4.39 Å². The maximum absolute atomic E-state index is 14.1. The van der Waals surface area contributed by atoms with Crippen LogP contribution < -0.4 is 10.5 Å². The zero-order chi connectivity index (χ0) is 13.8. The second-order valence-electron chi connectivity index (χ2n) is 4.96. The van der Waals surface area contributed by atoms with Crippen LogP contribution >= 0.6 is 0 Å². The monoisotopic (exact) mass is 254 g/mol. The van der Waals surface area contributed by atoms with Crippen LogP contribution in [0, 0.1) is 5.82 Å². The van der Waals surface area contributed by atoms with Gasteiger partial charge in [-0.3, -0.25) is 4.90 Å². The van der Waals surface area contributed by atoms with E-state index in [1.807, 2.05) is 0 Å². The zero-order valence-corrected chi connectivity index (χ0v) is 11.7. The molecule has 0 aliphatic rings. The highest BCUT2D eigenvalue weighted by Crippen LogP contribution is 2.23. The van der Waals surface area contributed by atoms with Crippen molar-refractivity contribution in [1.29, 1.82) is 0 Å². The maximum Gasteiger partial charge on any atom is 0.169 e. The number of benzene rings is 1. The van der Waals surface area contributed by atoms with Crippen LogP contribution in [0.2, 0.25) is 0 Å². The molecular weight excluding hydrogens is 231 g/mol. The molecule has 102 valence electrons. The summed E-state index contributed by atoms with van der Waals surface area (Å²) >= 11 is 0. The van der Waals surface area contributed by atoms with Crippen molar-refractivity contribution in [3.8, 4) is 5.75 Å². The summed E-state index contributed by atoms with van der Waals surface area (Å²) in [5, 5.41) is 0. The third kappa shape index (κ3) is 3.21. The van der Waals surface area contributed by atoms with Gasteiger partial charge in [0.1, 0.15) is 0 Å². The average Bonchev–Trinajstić information content (AvgIpc) is 2.37. The lowest BCUT2D eigenvalue weighted by Crippen LogP contribution is -2.48. The molecule has 3 nitrogen and oxygen atoms in total. The molecule has 0 amide bonds. The number of rotatable bonds is 6. The van der Waals surface area contributed by atoms with Crippen molar-refractivity contribution in [3.63, 3.8) is 0 Å². The van der Waals surface area contributed by atoms with Crippen LogP contribution in [0.1, 0.15) is 26.3 Å². The SMILES string of the molecule is CCN(Cc1cccc(OC)c1F)C(C)(C)CN. The number of nitrogens with zero attached hydrogens (tertiary/aromatic N) is 1. The summed E-state index contributed by atoms with van der Waals surface area (Å²) in [6.07, 6.45) is 0. The van der Waals surface area contributed by atoms with E-state index in [0.717, 1.165) is 6.54 Å². The largest absolute Gasteiger partial charge is 0.494 e. The molecule has 1 aromatic rings. The number of nitrogens with two attached hydrogens (primary N) is 1. The molecule has 0 bridgehead atoms. The van der Waals surface area contributed by atoms with E-state index in [-0.39, 0.29) is 17.1 Å². The normalized spacial score (nSPS) is 11.9. The molecule has 0 saturated heterocycles. The van der Waals surface area contributed by atoms with Gasteiger partial charge in [0.2, 0.25) is 0 Å². The second-order valence-corrected chi connectivity index (χ2v) is 4.96. The molecule has 1 rings (SSSR count). The smallest absolute Gasteiger partial charge is 0.169 e. The molecule has 0 radical (unpaired) electrons. The van der Waals surface area contributed by atoms with Gasteiger partial charge in [0.15, 0.2) is 11.6 Å². The molecule has 2 N–H and O–H groups in total. The predicted octanol–water partition coefficient (Wildman–Crippen LogP) is 2.39. The highest BCUT2D eigenvalue weighted by atomic mass is 19.1. The molecule has 0 atom stereocenters. The number of hydrogen-bond acceptors (Lipinski definition) is 3. The van der Waals surface area contributed by atoms with Crippen molar-refractivity contribution in [1.82, 2.24) is 4.90 Å². The Morgan fingerprint density at radius 2 is 2.06 bits per heavy atom. The summed E-state index contributed by atoms with van der Waals surface area (Å²) in [6, 6.07) is 5.22. The van der Waals surface area contributed by atoms with Gasteiger partial charge >= 0.3 is 0 Å². The first kappa shape index (κ1) is 14.9. The van der Waals surface area contributed by atoms with Crippen LogP contribution in [0.4, 0.5) is 4.39 Å². The van der Waals surface area contributed by atoms with Gasteiger partial charge in [0.05, 0.1) is 7.11 Å². The zero-order valence-electron chi connectivity index (χ0n) is 11.7. The lowest BCUT2D eigenvalue weighted by Gasteiger charge is -2.37. The van der Waals surface area contributed by atoms with Crippen molar-refractivity contribution in [2.75, 3.05) is 20.2 Å². The lowest BCUT2D eigenvalue weighted by molar-refractivity contribution is 0.124. The minimum Gasteiger partial charge on any atom is -0.494 e. The Balaban J connectivity index is 2.96. The van der Waals surface area contributed by atoms with E-state index in [4.69, 9.17) is 10.5 Å². The fourth-order valence-corrected chi connectivity index (χ4v) is 1.92. The minimum atomic E-state index is -0.286. The lowest BCUT2D eigenvalue weighted by atomic mass is 10.0. The molecule has 18 heavy (non-hydrogen) atoms. The minimum absolute atomic E-state index is 0.149. The fourth-order valence-electron chi connectivity index (χ4n) is 1.92. The molecule has 0 heterocycles. The van der Waals surface area contributed by atoms with Crippen LogP contribution in [-0.2, 0) is 6.54 Å². The van der Waals surface area contributed by atoms with Crippen molar-refractivity contribution in [3.05, 3.63) is 29.6 Å². The third-order valence-electron chi connectivity index (χ3n) is 3.36. The number of ether oxygens (including phenoxy) is 1. The van der Waals surface area contributed by atoms with E-state index in [1.165, 1.54) is 7.11 Å². The standard InChI is InChI=1S/C14H23FN2O/c1-5-17(14(2,3)10-16)9-11-7-6-8-12(18-4)13(11)15/h6-8H,5,9-10,16H2,1-4H3. The molecule has 0 fully saturated rings. The number of halogens is 1. The van der Waals surface area contributed by atoms with Gasteiger partial charge in [-0.05, 0) is 26.5 Å². The fraction of sp³-hybridized carbons (Fsp3) is 0.571. The van der Waals surface area contributed by atoms with Crippen molar-refractivity contribution < 1.29 is 9.13 Å². The molecule has 0 saturated carbocycles. The molecule has 0 aromatic heterocycles. The Morgan fingerprint density at radius 3 is 2.56 bits per heavy atom. The summed E-state index contributed by atoms with van der Waals surface area (Å²) < 4.78 is 19.1. The van der Waals surface area contributed by atoms with Crippen molar-refractivity contribution >= 4 is 0 Å². The summed E-state index contributed by atoms with van der Waals surface area (Å²) in [6.45, 7) is 8.07. The van der Waals surface area contributed by atoms with E-state index in [0.29, 0.717) is 18.7 Å². The Bertz CT molecular complexity index is 393.